The number of para-hydroxylation sites is 1. The molecule has 0 aliphatic carbocycles. The Kier molecular flexibility index (Phi) is 3.58. The van der Waals surface area contributed by atoms with Crippen LogP contribution in [-0.4, -0.2) is 25.0 Å². The average molecular weight is 353 g/mol. The number of anilines is 1. The maximum atomic E-state index is 12.7. The molecule has 126 valence electrons. The lowest BCUT2D eigenvalue weighted by atomic mass is 10.0. The number of methoxy groups -OCH3 is 1. The van der Waals surface area contributed by atoms with E-state index in [2.05, 4.69) is 4.98 Å². The number of likely N-dealkylation sites (N-methyl/N-ethyl adjacent to an activating group) is 1. The van der Waals surface area contributed by atoms with Crippen LogP contribution in [0.15, 0.2) is 36.4 Å². The lowest BCUT2D eigenvalue weighted by Gasteiger charge is -2.08. The molecule has 2 heterocycles. The molecule has 3 aromatic rings. The van der Waals surface area contributed by atoms with Crippen LogP contribution in [0.2, 0.25) is 5.15 Å². The Morgan fingerprint density at radius 2 is 2.00 bits per heavy atom. The minimum atomic E-state index is -0.0364. The molecule has 1 N–H and O–H groups in total. The second kappa shape index (κ2) is 5.67. The number of fused-ring (bicyclic) bond motifs is 2. The molecule has 5 heteroatoms. The fraction of sp³-hybridized carbons (Fsp3) is 0.150. The van der Waals surface area contributed by atoms with Gasteiger partial charge in [-0.25, -0.2) is 0 Å². The van der Waals surface area contributed by atoms with Crippen molar-refractivity contribution < 1.29 is 9.53 Å². The molecule has 0 spiro atoms. The monoisotopic (exact) mass is 352 g/mol. The van der Waals surface area contributed by atoms with Gasteiger partial charge in [-0.05, 0) is 36.8 Å². The van der Waals surface area contributed by atoms with Crippen LogP contribution in [-0.2, 0) is 4.79 Å². The Morgan fingerprint density at radius 3 is 2.76 bits per heavy atom. The maximum Gasteiger partial charge on any atom is 0.258 e. The van der Waals surface area contributed by atoms with E-state index in [0.29, 0.717) is 10.7 Å². The number of aryl methyl sites for hydroxylation is 1. The maximum absolute atomic E-state index is 12.7. The highest BCUT2D eigenvalue weighted by atomic mass is 35.5. The molecular weight excluding hydrogens is 336 g/mol. The van der Waals surface area contributed by atoms with Gasteiger partial charge in [-0.2, -0.15) is 0 Å². The molecule has 4 nitrogen and oxygen atoms in total. The van der Waals surface area contributed by atoms with Crippen molar-refractivity contribution in [1.82, 2.24) is 4.98 Å². The van der Waals surface area contributed by atoms with Gasteiger partial charge in [0.25, 0.3) is 5.91 Å². The highest BCUT2D eigenvalue weighted by Crippen LogP contribution is 2.39. The van der Waals surface area contributed by atoms with E-state index in [1.54, 1.807) is 19.1 Å². The fourth-order valence-electron chi connectivity index (χ4n) is 3.36. The van der Waals surface area contributed by atoms with Crippen molar-refractivity contribution in [2.24, 2.45) is 0 Å². The zero-order valence-corrected chi connectivity index (χ0v) is 14.9. The van der Waals surface area contributed by atoms with Crippen LogP contribution < -0.4 is 9.64 Å². The second-order valence-electron chi connectivity index (χ2n) is 6.16. The summed E-state index contributed by atoms with van der Waals surface area (Å²) in [7, 11) is 3.43. The van der Waals surface area contributed by atoms with Crippen LogP contribution in [0, 0.1) is 6.92 Å². The average Bonchev–Trinajstić information content (AvgIpc) is 3.03. The molecule has 4 rings (SSSR count). The first-order chi connectivity index (χ1) is 12.0. The molecule has 1 aromatic heterocycles. The number of H-pyrrole nitrogens is 1. The topological polar surface area (TPSA) is 45.3 Å². The van der Waals surface area contributed by atoms with Crippen LogP contribution in [0.5, 0.6) is 5.75 Å². The number of ether oxygens (including phenoxy) is 1. The largest absolute Gasteiger partial charge is 0.496 e. The number of aromatic amines is 1. The molecule has 1 amide bonds. The number of aromatic nitrogens is 1. The first-order valence-corrected chi connectivity index (χ1v) is 8.34. The van der Waals surface area contributed by atoms with Crippen molar-refractivity contribution in [3.63, 3.8) is 0 Å². The van der Waals surface area contributed by atoms with Crippen molar-refractivity contribution in [3.8, 4) is 5.75 Å². The number of rotatable bonds is 2. The Morgan fingerprint density at radius 1 is 1.24 bits per heavy atom. The lowest BCUT2D eigenvalue weighted by Crippen LogP contribution is -2.20. The van der Waals surface area contributed by atoms with Crippen LogP contribution in [0.1, 0.15) is 16.7 Å². The molecule has 1 aliphatic rings. The zero-order chi connectivity index (χ0) is 17.7. The highest BCUT2D eigenvalue weighted by Gasteiger charge is 2.29. The van der Waals surface area contributed by atoms with Gasteiger partial charge in [0.15, 0.2) is 0 Å². The van der Waals surface area contributed by atoms with Crippen LogP contribution in [0.4, 0.5) is 5.69 Å². The number of carbonyl (C=O) groups excluding carboxylic acids is 1. The number of nitrogens with zero attached hydrogens (tertiary/aromatic N) is 1. The van der Waals surface area contributed by atoms with Gasteiger partial charge in [0.1, 0.15) is 10.9 Å². The summed E-state index contributed by atoms with van der Waals surface area (Å²) in [5.41, 5.74) is 5.20. The second-order valence-corrected chi connectivity index (χ2v) is 6.54. The van der Waals surface area contributed by atoms with Crippen molar-refractivity contribution >= 4 is 45.7 Å². The van der Waals surface area contributed by atoms with E-state index >= 15 is 0 Å². The Hall–Kier alpha value is -2.72. The molecular formula is C20H17ClN2O2. The lowest BCUT2D eigenvalue weighted by molar-refractivity contribution is -0.112. The molecule has 0 saturated heterocycles. The molecule has 1 aliphatic heterocycles. The van der Waals surface area contributed by atoms with E-state index in [1.165, 1.54) is 0 Å². The van der Waals surface area contributed by atoms with Gasteiger partial charge < -0.3 is 14.6 Å². The molecule has 0 bridgehead atoms. The number of hydrogen-bond acceptors (Lipinski definition) is 2. The summed E-state index contributed by atoms with van der Waals surface area (Å²) in [6, 6.07) is 11.7. The van der Waals surface area contributed by atoms with Crippen molar-refractivity contribution in [2.75, 3.05) is 19.1 Å². The van der Waals surface area contributed by atoms with E-state index in [0.717, 1.165) is 39.0 Å². The number of hydrogen-bond donors (Lipinski definition) is 1. The predicted octanol–water partition coefficient (Wildman–Crippen LogP) is 4.66. The van der Waals surface area contributed by atoms with Gasteiger partial charge in [-0.3, -0.25) is 4.79 Å². The highest BCUT2D eigenvalue weighted by molar-refractivity contribution is 6.38. The molecule has 0 atom stereocenters. The SMILES string of the molecule is COc1cc2c(/C=C3/C(=O)N(C)c4ccccc43)c(Cl)[nH]c2cc1C. The first-order valence-electron chi connectivity index (χ1n) is 7.96. The summed E-state index contributed by atoms with van der Waals surface area (Å²) < 4.78 is 5.43. The van der Waals surface area contributed by atoms with Gasteiger partial charge in [-0.15, -0.1) is 0 Å². The van der Waals surface area contributed by atoms with Gasteiger partial charge >= 0.3 is 0 Å². The number of halogens is 1. The van der Waals surface area contributed by atoms with Crippen LogP contribution >= 0.6 is 11.6 Å². The van der Waals surface area contributed by atoms with E-state index in [9.17, 15) is 4.79 Å². The third-order valence-corrected chi connectivity index (χ3v) is 4.98. The fourth-order valence-corrected chi connectivity index (χ4v) is 3.62. The van der Waals surface area contributed by atoms with Crippen molar-refractivity contribution in [3.05, 3.63) is 58.2 Å². The van der Waals surface area contributed by atoms with Gasteiger partial charge in [0, 0.05) is 34.7 Å². The summed E-state index contributed by atoms with van der Waals surface area (Å²) in [5, 5.41) is 1.44. The van der Waals surface area contributed by atoms with Crippen LogP contribution in [0.3, 0.4) is 0 Å². The summed E-state index contributed by atoms with van der Waals surface area (Å²) in [4.78, 5) is 17.5. The number of benzene rings is 2. The third kappa shape index (κ3) is 2.33. The molecule has 25 heavy (non-hydrogen) atoms. The van der Waals surface area contributed by atoms with Crippen molar-refractivity contribution in [1.29, 1.82) is 0 Å². The third-order valence-electron chi connectivity index (χ3n) is 4.69. The first kappa shape index (κ1) is 15.8. The van der Waals surface area contributed by atoms with E-state index in [-0.39, 0.29) is 5.91 Å². The Balaban J connectivity index is 1.95. The molecule has 2 aromatic carbocycles. The quantitative estimate of drug-likeness (QED) is 0.682. The Bertz CT molecular complexity index is 1050. The summed E-state index contributed by atoms with van der Waals surface area (Å²) in [5.74, 6) is 0.753. The molecule has 0 fully saturated rings. The molecule has 0 saturated carbocycles. The predicted molar refractivity (Wildman–Crippen MR) is 102 cm³/mol. The van der Waals surface area contributed by atoms with Crippen LogP contribution in [0.25, 0.3) is 22.6 Å². The number of amides is 1. The Labute approximate surface area is 150 Å². The standard InChI is InChI=1S/C20H17ClN2O2/c1-11-8-16-13(10-18(11)25-3)14(19(21)22-16)9-15-12-6-4-5-7-17(12)23(2)20(15)24/h4-10,22H,1-3H3/b15-9+. The summed E-state index contributed by atoms with van der Waals surface area (Å²) in [6.45, 7) is 1.98. The zero-order valence-electron chi connectivity index (χ0n) is 14.2. The minimum Gasteiger partial charge on any atom is -0.496 e. The molecule has 0 radical (unpaired) electrons. The number of nitrogens with one attached hydrogen (secondary N) is 1. The van der Waals surface area contributed by atoms with Gasteiger partial charge in [0.05, 0.1) is 12.8 Å². The van der Waals surface area contributed by atoms with E-state index in [1.807, 2.05) is 49.4 Å². The summed E-state index contributed by atoms with van der Waals surface area (Å²) >= 11 is 6.44. The normalized spacial score (nSPS) is 15.3. The molecule has 0 unspecified atom stereocenters. The van der Waals surface area contributed by atoms with E-state index < -0.39 is 0 Å². The van der Waals surface area contributed by atoms with Gasteiger partial charge in [-0.1, -0.05) is 29.8 Å². The minimum absolute atomic E-state index is 0.0364. The smallest absolute Gasteiger partial charge is 0.258 e. The summed E-state index contributed by atoms with van der Waals surface area (Å²) in [6.07, 6.45) is 1.86. The van der Waals surface area contributed by atoms with E-state index in [4.69, 9.17) is 16.3 Å². The van der Waals surface area contributed by atoms with Crippen molar-refractivity contribution in [2.45, 2.75) is 6.92 Å². The van der Waals surface area contributed by atoms with Gasteiger partial charge in [0.2, 0.25) is 0 Å². The number of carbonyl (C=O) groups is 1.